The third-order valence-electron chi connectivity index (χ3n) is 5.62. The lowest BCUT2D eigenvalue weighted by Gasteiger charge is -2.21. The van der Waals surface area contributed by atoms with Crippen molar-refractivity contribution in [2.24, 2.45) is 0 Å². The van der Waals surface area contributed by atoms with Crippen LogP contribution >= 0.6 is 0 Å². The molecule has 0 unspecified atom stereocenters. The van der Waals surface area contributed by atoms with Crippen LogP contribution in [0.1, 0.15) is 28.4 Å². The Balaban J connectivity index is 1.56. The Labute approximate surface area is 221 Å². The van der Waals surface area contributed by atoms with E-state index in [2.05, 4.69) is 10.6 Å². The van der Waals surface area contributed by atoms with E-state index in [0.29, 0.717) is 5.75 Å². The number of esters is 1. The largest absolute Gasteiger partial charge is 0.497 e. The van der Waals surface area contributed by atoms with Crippen molar-refractivity contribution in [1.82, 2.24) is 10.6 Å². The van der Waals surface area contributed by atoms with Gasteiger partial charge in [-0.25, -0.2) is 9.59 Å². The molecule has 2 amide bonds. The van der Waals surface area contributed by atoms with Gasteiger partial charge in [0.25, 0.3) is 0 Å². The predicted octanol–water partition coefficient (Wildman–Crippen LogP) is 3.46. The maximum Gasteiger partial charge on any atom is 0.408 e. The highest BCUT2D eigenvalue weighted by Crippen LogP contribution is 2.12. The molecule has 0 aromatic heterocycles. The molecule has 0 aliphatic carbocycles. The summed E-state index contributed by atoms with van der Waals surface area (Å²) in [5.74, 6) is -1.18. The molecule has 0 aliphatic heterocycles. The molecule has 0 heterocycles. The molecule has 198 valence electrons. The van der Waals surface area contributed by atoms with Crippen molar-refractivity contribution in [3.63, 3.8) is 0 Å². The number of methoxy groups -OCH3 is 1. The highest BCUT2D eigenvalue weighted by molar-refractivity contribution is 5.95. The average molecular weight is 519 g/mol. The summed E-state index contributed by atoms with van der Waals surface area (Å²) >= 11 is 0. The number of benzene rings is 3. The zero-order valence-electron chi connectivity index (χ0n) is 21.2. The predicted molar refractivity (Wildman–Crippen MR) is 140 cm³/mol. The topological polar surface area (TPSA) is 120 Å². The normalized spacial score (nSPS) is 11.9. The summed E-state index contributed by atoms with van der Waals surface area (Å²) < 4.78 is 15.4. The van der Waals surface area contributed by atoms with Gasteiger partial charge in [-0.3, -0.25) is 9.59 Å². The van der Waals surface area contributed by atoms with Crippen molar-refractivity contribution in [3.8, 4) is 5.75 Å². The molecule has 2 atom stereocenters. The molecule has 3 aromatic rings. The van der Waals surface area contributed by atoms with Crippen molar-refractivity contribution in [3.05, 3.63) is 102 Å². The third-order valence-corrected chi connectivity index (χ3v) is 5.62. The van der Waals surface area contributed by atoms with E-state index in [9.17, 15) is 19.2 Å². The zero-order chi connectivity index (χ0) is 27.3. The second-order valence-corrected chi connectivity index (χ2v) is 8.45. The molecule has 9 heteroatoms. The van der Waals surface area contributed by atoms with Crippen molar-refractivity contribution < 1.29 is 33.4 Å². The van der Waals surface area contributed by atoms with Crippen LogP contribution in [0.2, 0.25) is 0 Å². The number of nitrogens with one attached hydrogen (secondary N) is 2. The maximum atomic E-state index is 13.0. The van der Waals surface area contributed by atoms with Crippen molar-refractivity contribution >= 4 is 23.8 Å². The lowest BCUT2D eigenvalue weighted by molar-refractivity contribution is -0.130. The molecule has 3 aromatic carbocycles. The molecule has 0 spiro atoms. The van der Waals surface area contributed by atoms with Gasteiger partial charge in [0.05, 0.1) is 18.7 Å². The Hall–Kier alpha value is -4.66. The number of Topliss-reactive ketones (excluding diaryl/α,β-unsaturated/α-hetero) is 1. The summed E-state index contributed by atoms with van der Waals surface area (Å²) in [5.41, 5.74) is 1.87. The second kappa shape index (κ2) is 14.2. The summed E-state index contributed by atoms with van der Waals surface area (Å²) in [6, 6.07) is 22.6. The van der Waals surface area contributed by atoms with Crippen LogP contribution in [-0.4, -0.2) is 49.6 Å². The van der Waals surface area contributed by atoms with Crippen LogP contribution in [0, 0.1) is 0 Å². The summed E-state index contributed by atoms with van der Waals surface area (Å²) in [6.07, 6.45) is -0.585. The minimum Gasteiger partial charge on any atom is -0.497 e. The van der Waals surface area contributed by atoms with Crippen molar-refractivity contribution in [2.75, 3.05) is 13.7 Å². The van der Waals surface area contributed by atoms with Crippen LogP contribution in [0.25, 0.3) is 0 Å². The quantitative estimate of drug-likeness (QED) is 0.352. The number of rotatable bonds is 12. The van der Waals surface area contributed by atoms with E-state index in [-0.39, 0.29) is 18.6 Å². The molecule has 0 fully saturated rings. The van der Waals surface area contributed by atoms with Gasteiger partial charge in [0.2, 0.25) is 5.91 Å². The van der Waals surface area contributed by atoms with Gasteiger partial charge in [0, 0.05) is 6.42 Å². The molecule has 38 heavy (non-hydrogen) atoms. The molecule has 9 nitrogen and oxygen atoms in total. The molecule has 0 radical (unpaired) electrons. The minimum atomic E-state index is -1.00. The van der Waals surface area contributed by atoms with Gasteiger partial charge in [-0.2, -0.15) is 0 Å². The van der Waals surface area contributed by atoms with Gasteiger partial charge in [-0.15, -0.1) is 0 Å². The van der Waals surface area contributed by atoms with Crippen LogP contribution < -0.4 is 15.4 Å². The van der Waals surface area contributed by atoms with E-state index in [1.54, 1.807) is 12.1 Å². The molecular formula is C29H30N2O7. The molecular weight excluding hydrogens is 488 g/mol. The fourth-order valence-electron chi connectivity index (χ4n) is 3.43. The smallest absolute Gasteiger partial charge is 0.408 e. The summed E-state index contributed by atoms with van der Waals surface area (Å²) in [4.78, 5) is 50.3. The Morgan fingerprint density at radius 3 is 1.97 bits per heavy atom. The van der Waals surface area contributed by atoms with Gasteiger partial charge in [0.15, 0.2) is 12.4 Å². The monoisotopic (exact) mass is 518 g/mol. The van der Waals surface area contributed by atoms with E-state index in [4.69, 9.17) is 14.2 Å². The maximum absolute atomic E-state index is 13.0. The number of hydrogen-bond donors (Lipinski definition) is 2. The molecule has 2 N–H and O–H groups in total. The van der Waals surface area contributed by atoms with E-state index < -0.39 is 42.4 Å². The van der Waals surface area contributed by atoms with E-state index in [0.717, 1.165) is 11.1 Å². The highest BCUT2D eigenvalue weighted by Gasteiger charge is 2.26. The lowest BCUT2D eigenvalue weighted by Crippen LogP contribution is -2.52. The number of ether oxygens (including phenoxy) is 3. The van der Waals surface area contributed by atoms with Crippen LogP contribution in [0.3, 0.4) is 0 Å². The van der Waals surface area contributed by atoms with E-state index in [1.165, 1.54) is 26.2 Å². The van der Waals surface area contributed by atoms with E-state index in [1.807, 2.05) is 60.7 Å². The summed E-state index contributed by atoms with van der Waals surface area (Å²) in [7, 11) is 1.51. The average Bonchev–Trinajstić information content (AvgIpc) is 2.95. The van der Waals surface area contributed by atoms with Gasteiger partial charge in [-0.1, -0.05) is 60.7 Å². The third kappa shape index (κ3) is 8.77. The van der Waals surface area contributed by atoms with Gasteiger partial charge < -0.3 is 24.8 Å². The lowest BCUT2D eigenvalue weighted by atomic mass is 10.0. The van der Waals surface area contributed by atoms with Crippen LogP contribution in [-0.2, 0) is 32.1 Å². The van der Waals surface area contributed by atoms with Crippen LogP contribution in [0.5, 0.6) is 5.75 Å². The molecule has 3 rings (SSSR count). The first-order valence-electron chi connectivity index (χ1n) is 12.0. The van der Waals surface area contributed by atoms with Gasteiger partial charge in [0.1, 0.15) is 18.4 Å². The minimum absolute atomic E-state index is 0.0425. The van der Waals surface area contributed by atoms with Gasteiger partial charge in [-0.05, 0) is 42.3 Å². The zero-order valence-corrected chi connectivity index (χ0v) is 21.2. The second-order valence-electron chi connectivity index (χ2n) is 8.45. The SMILES string of the molecule is COc1ccc(C(=O)OCC(=O)[C@H](C)NC(=O)[C@H](Cc2ccccc2)NC(=O)OCc2ccccc2)cc1. The number of carbonyl (C=O) groups is 4. The van der Waals surface area contributed by atoms with Gasteiger partial charge >= 0.3 is 12.1 Å². The van der Waals surface area contributed by atoms with E-state index >= 15 is 0 Å². The number of ketones is 1. The Morgan fingerprint density at radius 2 is 1.37 bits per heavy atom. The highest BCUT2D eigenvalue weighted by atomic mass is 16.5. The number of alkyl carbamates (subject to hydrolysis) is 1. The van der Waals surface area contributed by atoms with Crippen LogP contribution in [0.4, 0.5) is 4.79 Å². The number of amides is 2. The Kier molecular flexibility index (Phi) is 10.4. The molecule has 0 saturated heterocycles. The standard InChI is InChI=1S/C29H30N2O7/c1-20(26(32)19-37-28(34)23-13-15-24(36-2)16-14-23)30-27(33)25(17-21-9-5-3-6-10-21)31-29(35)38-18-22-11-7-4-8-12-22/h3-16,20,25H,17-19H2,1-2H3,(H,30,33)(H,31,35)/t20-,25-/m0/s1. The summed E-state index contributed by atoms with van der Waals surface area (Å²) in [6.45, 7) is 0.998. The molecule has 0 bridgehead atoms. The number of carbonyl (C=O) groups excluding carboxylic acids is 4. The number of hydrogen-bond acceptors (Lipinski definition) is 7. The molecule has 0 aliphatic rings. The summed E-state index contributed by atoms with van der Waals surface area (Å²) in [5, 5.41) is 5.17. The van der Waals surface area contributed by atoms with Crippen molar-refractivity contribution in [2.45, 2.75) is 32.0 Å². The van der Waals surface area contributed by atoms with Crippen molar-refractivity contribution in [1.29, 1.82) is 0 Å². The fraction of sp³-hybridized carbons (Fsp3) is 0.241. The Bertz CT molecular complexity index is 1210. The first-order chi connectivity index (χ1) is 18.4. The fourth-order valence-corrected chi connectivity index (χ4v) is 3.43. The first kappa shape index (κ1) is 27.9. The molecule has 0 saturated carbocycles. The Morgan fingerprint density at radius 1 is 0.763 bits per heavy atom. The first-order valence-corrected chi connectivity index (χ1v) is 12.0. The van der Waals surface area contributed by atoms with Crippen LogP contribution in [0.15, 0.2) is 84.9 Å².